The third-order valence-electron chi connectivity index (χ3n) is 4.31. The summed E-state index contributed by atoms with van der Waals surface area (Å²) in [6, 6.07) is 14.1. The van der Waals surface area contributed by atoms with E-state index in [9.17, 15) is 4.79 Å². The fourth-order valence-electron chi connectivity index (χ4n) is 3.18. The monoisotopic (exact) mass is 353 g/mol. The first-order valence-electron chi connectivity index (χ1n) is 9.23. The molecule has 138 valence electrons. The van der Waals surface area contributed by atoms with Crippen molar-refractivity contribution in [1.82, 2.24) is 0 Å². The van der Waals surface area contributed by atoms with Crippen LogP contribution >= 0.6 is 0 Å². The molecule has 0 saturated heterocycles. The molecule has 0 unspecified atom stereocenters. The molecule has 1 aliphatic rings. The van der Waals surface area contributed by atoms with Gasteiger partial charge in [0.25, 0.3) is 0 Å². The summed E-state index contributed by atoms with van der Waals surface area (Å²) >= 11 is 0. The maximum atomic E-state index is 12.1. The van der Waals surface area contributed by atoms with E-state index in [0.29, 0.717) is 6.61 Å². The summed E-state index contributed by atoms with van der Waals surface area (Å²) in [5.74, 6) is 0.858. The first-order valence-corrected chi connectivity index (χ1v) is 9.23. The number of hydrogen-bond acceptors (Lipinski definition) is 3. The summed E-state index contributed by atoms with van der Waals surface area (Å²) in [5.41, 5.74) is 3.85. The number of nitrogens with one attached hydrogen (secondary N) is 1. The van der Waals surface area contributed by atoms with Gasteiger partial charge in [0.05, 0.1) is 0 Å². The maximum Gasteiger partial charge on any atom is 0.412 e. The fourth-order valence-corrected chi connectivity index (χ4v) is 3.18. The van der Waals surface area contributed by atoms with E-state index in [-0.39, 0.29) is 0 Å². The number of benzene rings is 2. The Hall–Kier alpha value is -2.49. The van der Waals surface area contributed by atoms with E-state index >= 15 is 0 Å². The van der Waals surface area contributed by atoms with Gasteiger partial charge in [-0.05, 0) is 69.2 Å². The molecule has 2 aromatic rings. The average Bonchev–Trinajstić information content (AvgIpc) is 2.59. The van der Waals surface area contributed by atoms with Gasteiger partial charge in [-0.25, -0.2) is 4.79 Å². The van der Waals surface area contributed by atoms with Crippen molar-refractivity contribution < 1.29 is 14.3 Å². The lowest BCUT2D eigenvalue weighted by molar-refractivity contribution is 0.0636. The standard InChI is InChI=1S/C22H27NO3/c1-22(2,3)26-21(24)23-18-13-17-11-7-8-12-19(17)20(14-18)25-15-16-9-5-4-6-10-16/h4-6,9-10,13-14H,7-8,11-12,15H2,1-3H3,(H,23,24). The minimum atomic E-state index is -0.523. The van der Waals surface area contributed by atoms with Gasteiger partial charge in [-0.1, -0.05) is 30.3 Å². The number of fused-ring (bicyclic) bond motifs is 1. The molecule has 0 atom stereocenters. The van der Waals surface area contributed by atoms with Gasteiger partial charge in [0, 0.05) is 11.8 Å². The van der Waals surface area contributed by atoms with Crippen LogP contribution in [0, 0.1) is 0 Å². The van der Waals surface area contributed by atoms with Crippen LogP contribution in [0.4, 0.5) is 10.5 Å². The van der Waals surface area contributed by atoms with Crippen molar-refractivity contribution in [2.45, 2.75) is 58.7 Å². The molecule has 2 aromatic carbocycles. The molecular formula is C22H27NO3. The smallest absolute Gasteiger partial charge is 0.412 e. The first-order chi connectivity index (χ1) is 12.4. The van der Waals surface area contributed by atoms with Crippen molar-refractivity contribution in [3.05, 3.63) is 59.2 Å². The minimum Gasteiger partial charge on any atom is -0.489 e. The Kier molecular flexibility index (Phi) is 5.50. The summed E-state index contributed by atoms with van der Waals surface area (Å²) < 4.78 is 11.5. The molecule has 0 bridgehead atoms. The third kappa shape index (κ3) is 5.01. The number of amides is 1. The van der Waals surface area contributed by atoms with E-state index in [1.807, 2.05) is 51.1 Å². The summed E-state index contributed by atoms with van der Waals surface area (Å²) in [6.07, 6.45) is 3.93. The van der Waals surface area contributed by atoms with Gasteiger partial charge < -0.3 is 9.47 Å². The average molecular weight is 353 g/mol. The number of carbonyl (C=O) groups excluding carboxylic acids is 1. The number of ether oxygens (including phenoxy) is 2. The van der Waals surface area contributed by atoms with Crippen LogP contribution in [0.15, 0.2) is 42.5 Å². The fraction of sp³-hybridized carbons (Fsp3) is 0.409. The zero-order valence-corrected chi connectivity index (χ0v) is 15.8. The van der Waals surface area contributed by atoms with Crippen LogP contribution < -0.4 is 10.1 Å². The molecule has 1 aliphatic carbocycles. The van der Waals surface area contributed by atoms with E-state index in [1.54, 1.807) is 0 Å². The summed E-state index contributed by atoms with van der Waals surface area (Å²) in [7, 11) is 0. The number of hydrogen-bond donors (Lipinski definition) is 1. The molecule has 0 spiro atoms. The van der Waals surface area contributed by atoms with Crippen LogP contribution in [0.3, 0.4) is 0 Å². The molecule has 3 rings (SSSR count). The quantitative estimate of drug-likeness (QED) is 0.790. The van der Waals surface area contributed by atoms with E-state index < -0.39 is 11.7 Å². The Morgan fingerprint density at radius 3 is 2.54 bits per heavy atom. The highest BCUT2D eigenvalue weighted by molar-refractivity contribution is 5.85. The largest absolute Gasteiger partial charge is 0.489 e. The van der Waals surface area contributed by atoms with Crippen LogP contribution in [0.2, 0.25) is 0 Å². The molecule has 0 aromatic heterocycles. The van der Waals surface area contributed by atoms with E-state index in [2.05, 4.69) is 17.4 Å². The van der Waals surface area contributed by atoms with Crippen molar-refractivity contribution >= 4 is 11.8 Å². The van der Waals surface area contributed by atoms with Gasteiger partial charge in [-0.2, -0.15) is 0 Å². The van der Waals surface area contributed by atoms with Crippen LogP contribution in [-0.4, -0.2) is 11.7 Å². The highest BCUT2D eigenvalue weighted by Gasteiger charge is 2.19. The van der Waals surface area contributed by atoms with Crippen LogP contribution in [0.5, 0.6) is 5.75 Å². The number of carbonyl (C=O) groups is 1. The van der Waals surface area contributed by atoms with Crippen LogP contribution in [0.25, 0.3) is 0 Å². The topological polar surface area (TPSA) is 47.6 Å². The lowest BCUT2D eigenvalue weighted by Crippen LogP contribution is -2.27. The summed E-state index contributed by atoms with van der Waals surface area (Å²) in [5, 5.41) is 2.85. The number of anilines is 1. The van der Waals surface area contributed by atoms with Crippen molar-refractivity contribution in [3.8, 4) is 5.75 Å². The molecule has 1 amide bonds. The predicted octanol–water partition coefficient (Wildman–Crippen LogP) is 5.49. The van der Waals surface area contributed by atoms with Crippen LogP contribution in [0.1, 0.15) is 50.3 Å². The second-order valence-electron chi connectivity index (χ2n) is 7.72. The van der Waals surface area contributed by atoms with Crippen LogP contribution in [-0.2, 0) is 24.2 Å². The molecule has 4 nitrogen and oxygen atoms in total. The summed E-state index contributed by atoms with van der Waals surface area (Å²) in [6.45, 7) is 6.08. The molecule has 4 heteroatoms. The molecule has 26 heavy (non-hydrogen) atoms. The molecule has 1 N–H and O–H groups in total. The Labute approximate surface area is 155 Å². The second-order valence-corrected chi connectivity index (χ2v) is 7.72. The number of rotatable bonds is 4. The minimum absolute atomic E-state index is 0.442. The van der Waals surface area contributed by atoms with Gasteiger partial charge in [0.2, 0.25) is 0 Å². The Morgan fingerprint density at radius 2 is 1.81 bits per heavy atom. The van der Waals surface area contributed by atoms with E-state index in [1.165, 1.54) is 24.0 Å². The molecule has 0 fully saturated rings. The van der Waals surface area contributed by atoms with Crippen molar-refractivity contribution in [2.75, 3.05) is 5.32 Å². The van der Waals surface area contributed by atoms with Gasteiger partial charge >= 0.3 is 6.09 Å². The highest BCUT2D eigenvalue weighted by Crippen LogP contribution is 2.34. The van der Waals surface area contributed by atoms with Gasteiger partial charge in [0.15, 0.2) is 0 Å². The van der Waals surface area contributed by atoms with E-state index in [0.717, 1.165) is 29.8 Å². The lowest BCUT2D eigenvalue weighted by Gasteiger charge is -2.23. The molecule has 0 saturated carbocycles. The highest BCUT2D eigenvalue weighted by atomic mass is 16.6. The van der Waals surface area contributed by atoms with Gasteiger partial charge in [0.1, 0.15) is 18.0 Å². The predicted molar refractivity (Wildman–Crippen MR) is 104 cm³/mol. The third-order valence-corrected chi connectivity index (χ3v) is 4.31. The molecule has 0 heterocycles. The van der Waals surface area contributed by atoms with Gasteiger partial charge in [-0.15, -0.1) is 0 Å². The Balaban J connectivity index is 1.79. The Bertz CT molecular complexity index is 763. The Morgan fingerprint density at radius 1 is 1.08 bits per heavy atom. The SMILES string of the molecule is CC(C)(C)OC(=O)Nc1cc2c(c(OCc3ccccc3)c1)CCCC2. The zero-order valence-electron chi connectivity index (χ0n) is 15.8. The van der Waals surface area contributed by atoms with Gasteiger partial charge in [-0.3, -0.25) is 5.32 Å². The number of aryl methyl sites for hydroxylation is 1. The molecule has 0 radical (unpaired) electrons. The van der Waals surface area contributed by atoms with E-state index in [4.69, 9.17) is 9.47 Å². The first kappa shape index (κ1) is 18.3. The zero-order chi connectivity index (χ0) is 18.6. The molecular weight excluding hydrogens is 326 g/mol. The lowest BCUT2D eigenvalue weighted by atomic mass is 9.90. The maximum absolute atomic E-state index is 12.1. The van der Waals surface area contributed by atoms with Crippen molar-refractivity contribution in [1.29, 1.82) is 0 Å². The molecule has 0 aliphatic heterocycles. The normalized spacial score (nSPS) is 13.7. The van der Waals surface area contributed by atoms with Crippen molar-refractivity contribution in [3.63, 3.8) is 0 Å². The summed E-state index contributed by atoms with van der Waals surface area (Å²) in [4.78, 5) is 12.1. The van der Waals surface area contributed by atoms with Crippen molar-refractivity contribution in [2.24, 2.45) is 0 Å². The second kappa shape index (κ2) is 7.81.